The largest absolute Gasteiger partial charge is 0.293 e. The summed E-state index contributed by atoms with van der Waals surface area (Å²) >= 11 is 3.81. The van der Waals surface area contributed by atoms with Crippen LogP contribution in [0.5, 0.6) is 0 Å². The number of carbonyl (C=O) groups is 1. The second-order valence-corrected chi connectivity index (χ2v) is 4.35. The average molecular weight is 398 g/mol. The van der Waals surface area contributed by atoms with Crippen molar-refractivity contribution in [2.45, 2.75) is 0 Å². The van der Waals surface area contributed by atoms with E-state index in [9.17, 15) is 4.79 Å². The van der Waals surface area contributed by atoms with Crippen LogP contribution in [0, 0.1) is 3.83 Å². The zero-order valence-electron chi connectivity index (χ0n) is 6.37. The highest BCUT2D eigenvalue weighted by Crippen LogP contribution is 2.18. The third kappa shape index (κ3) is 1.58. The molecule has 2 rings (SSSR count). The smallest absolute Gasteiger partial charge is 0.262 e. The number of halogens is 2. The third-order valence-corrected chi connectivity index (χ3v) is 2.90. The Morgan fingerprint density at radius 1 is 1.38 bits per heavy atom. The van der Waals surface area contributed by atoms with Crippen LogP contribution in [-0.4, -0.2) is 13.5 Å². The maximum absolute atomic E-state index is 11.2. The van der Waals surface area contributed by atoms with Crippen LogP contribution < -0.4 is 0 Å². The number of hydrogen-bond donors (Lipinski definition) is 0. The molecule has 2 aromatic rings. The summed E-state index contributed by atoms with van der Waals surface area (Å²) in [5.41, 5.74) is 1.73. The second-order valence-electron chi connectivity index (χ2n) is 2.46. The summed E-state index contributed by atoms with van der Waals surface area (Å²) in [6, 6.07) is 7.60. The normalized spacial score (nSPS) is 10.6. The molecule has 0 saturated heterocycles. The van der Waals surface area contributed by atoms with Crippen LogP contribution in [0.1, 0.15) is 0 Å². The Morgan fingerprint density at radius 3 is 2.77 bits per heavy atom. The van der Waals surface area contributed by atoms with Crippen molar-refractivity contribution in [1.82, 2.24) is 9.55 Å². The number of carbonyl (C=O) groups excluding carboxylic acids is 1. The van der Waals surface area contributed by atoms with Crippen LogP contribution in [0.4, 0.5) is 4.79 Å². The van der Waals surface area contributed by atoms with Gasteiger partial charge >= 0.3 is 0 Å². The van der Waals surface area contributed by atoms with E-state index in [0.29, 0.717) is 3.83 Å². The standard InChI is InChI=1S/C8H4I2N2O/c9-7-11-5-3-1-2-4-6(5)12(7)8(10)13/h1-4H. The van der Waals surface area contributed by atoms with Crippen molar-refractivity contribution in [1.29, 1.82) is 0 Å². The zero-order valence-corrected chi connectivity index (χ0v) is 10.7. The topological polar surface area (TPSA) is 34.9 Å². The molecule has 0 saturated carbocycles. The van der Waals surface area contributed by atoms with E-state index in [1.54, 1.807) is 27.2 Å². The Hall–Kier alpha value is -0.180. The van der Waals surface area contributed by atoms with Crippen LogP contribution in [0.3, 0.4) is 0 Å². The van der Waals surface area contributed by atoms with Crippen molar-refractivity contribution >= 4 is 60.1 Å². The number of hydrogen-bond acceptors (Lipinski definition) is 2. The van der Waals surface area contributed by atoms with E-state index >= 15 is 0 Å². The summed E-state index contributed by atoms with van der Waals surface area (Å²) in [7, 11) is 0. The van der Waals surface area contributed by atoms with Gasteiger partial charge in [-0.3, -0.25) is 4.79 Å². The van der Waals surface area contributed by atoms with E-state index < -0.39 is 0 Å². The van der Waals surface area contributed by atoms with E-state index in [0.717, 1.165) is 11.0 Å². The number of fused-ring (bicyclic) bond motifs is 1. The number of benzene rings is 1. The molecule has 0 aliphatic carbocycles. The molecular formula is C8H4I2N2O. The fourth-order valence-corrected chi connectivity index (χ4v) is 2.85. The van der Waals surface area contributed by atoms with E-state index in [-0.39, 0.29) is 3.91 Å². The van der Waals surface area contributed by atoms with E-state index in [1.165, 1.54) is 0 Å². The van der Waals surface area contributed by atoms with Gasteiger partial charge in [-0.25, -0.2) is 9.55 Å². The van der Waals surface area contributed by atoms with E-state index in [1.807, 2.05) is 24.3 Å². The predicted molar refractivity (Wildman–Crippen MR) is 67.3 cm³/mol. The second kappa shape index (κ2) is 3.52. The van der Waals surface area contributed by atoms with Gasteiger partial charge in [0.05, 0.1) is 11.0 Å². The molecule has 0 spiro atoms. The lowest BCUT2D eigenvalue weighted by Gasteiger charge is -1.96. The van der Waals surface area contributed by atoms with Crippen LogP contribution in [-0.2, 0) is 0 Å². The van der Waals surface area contributed by atoms with Crippen molar-refractivity contribution in [2.24, 2.45) is 0 Å². The molecule has 66 valence electrons. The average Bonchev–Trinajstić information content (AvgIpc) is 2.39. The lowest BCUT2D eigenvalue weighted by atomic mass is 10.3. The highest BCUT2D eigenvalue weighted by molar-refractivity contribution is 14.1. The van der Waals surface area contributed by atoms with Crippen LogP contribution in [0.2, 0.25) is 0 Å². The molecule has 0 N–H and O–H groups in total. The van der Waals surface area contributed by atoms with Crippen LogP contribution in [0.15, 0.2) is 24.3 Å². The molecule has 0 amide bonds. The minimum absolute atomic E-state index is 0.0318. The SMILES string of the molecule is O=C(I)n1c(I)nc2ccccc21. The molecule has 0 atom stereocenters. The molecule has 13 heavy (non-hydrogen) atoms. The number of imidazole rings is 1. The molecule has 1 heterocycles. The van der Waals surface area contributed by atoms with Gasteiger partial charge in [0.2, 0.25) is 0 Å². The Bertz CT molecular complexity index is 478. The first-order valence-electron chi connectivity index (χ1n) is 3.53. The Balaban J connectivity index is 2.86. The van der Waals surface area contributed by atoms with Gasteiger partial charge < -0.3 is 0 Å². The first-order valence-corrected chi connectivity index (χ1v) is 5.68. The molecule has 5 heteroatoms. The number of para-hydroxylation sites is 2. The van der Waals surface area contributed by atoms with Crippen LogP contribution >= 0.6 is 45.2 Å². The van der Waals surface area contributed by atoms with Gasteiger partial charge in [0.1, 0.15) is 0 Å². The van der Waals surface area contributed by atoms with Crippen molar-refractivity contribution in [3.8, 4) is 0 Å². The molecular weight excluding hydrogens is 394 g/mol. The highest BCUT2D eigenvalue weighted by atomic mass is 127. The summed E-state index contributed by atoms with van der Waals surface area (Å²) in [4.78, 5) is 15.5. The fourth-order valence-electron chi connectivity index (χ4n) is 1.16. The van der Waals surface area contributed by atoms with Crippen molar-refractivity contribution < 1.29 is 4.79 Å². The third-order valence-electron chi connectivity index (χ3n) is 1.70. The van der Waals surface area contributed by atoms with Gasteiger partial charge in [-0.05, 0) is 12.1 Å². The summed E-state index contributed by atoms with van der Waals surface area (Å²) < 4.78 is 2.27. The minimum Gasteiger partial charge on any atom is -0.262 e. The van der Waals surface area contributed by atoms with Gasteiger partial charge in [0.25, 0.3) is 3.91 Å². The van der Waals surface area contributed by atoms with Gasteiger partial charge in [-0.2, -0.15) is 0 Å². The summed E-state index contributed by atoms with van der Waals surface area (Å²) in [5, 5.41) is 0. The number of rotatable bonds is 0. The molecule has 1 aromatic heterocycles. The molecule has 0 unspecified atom stereocenters. The van der Waals surface area contributed by atoms with Gasteiger partial charge in [-0.1, -0.05) is 12.1 Å². The Morgan fingerprint density at radius 2 is 2.08 bits per heavy atom. The lowest BCUT2D eigenvalue weighted by Crippen LogP contribution is -2.02. The molecule has 0 radical (unpaired) electrons. The maximum Gasteiger partial charge on any atom is 0.293 e. The Labute approximate surface area is 102 Å². The lowest BCUT2D eigenvalue weighted by molar-refractivity contribution is 0.264. The van der Waals surface area contributed by atoms with Crippen molar-refractivity contribution in [2.75, 3.05) is 0 Å². The summed E-state index contributed by atoms with van der Waals surface area (Å²) in [5.74, 6) is 0. The molecule has 1 aromatic carbocycles. The first kappa shape index (κ1) is 9.38. The maximum atomic E-state index is 11.2. The van der Waals surface area contributed by atoms with Crippen LogP contribution in [0.25, 0.3) is 11.0 Å². The fraction of sp³-hybridized carbons (Fsp3) is 0. The molecule has 0 fully saturated rings. The first-order chi connectivity index (χ1) is 6.20. The predicted octanol–water partition coefficient (Wildman–Crippen LogP) is 3.04. The highest BCUT2D eigenvalue weighted by Gasteiger charge is 2.11. The minimum atomic E-state index is -0.0318. The van der Waals surface area contributed by atoms with Gasteiger partial charge in [0.15, 0.2) is 3.83 Å². The number of nitrogens with zero attached hydrogens (tertiary/aromatic N) is 2. The van der Waals surface area contributed by atoms with Crippen molar-refractivity contribution in [3.05, 3.63) is 28.1 Å². The zero-order chi connectivity index (χ0) is 9.42. The van der Waals surface area contributed by atoms with Gasteiger partial charge in [0, 0.05) is 45.2 Å². The van der Waals surface area contributed by atoms with E-state index in [4.69, 9.17) is 0 Å². The molecule has 3 nitrogen and oxygen atoms in total. The Kier molecular flexibility index (Phi) is 2.54. The van der Waals surface area contributed by atoms with E-state index in [2.05, 4.69) is 27.6 Å². The molecule has 0 bridgehead atoms. The summed E-state index contributed by atoms with van der Waals surface area (Å²) in [6.45, 7) is 0. The summed E-state index contributed by atoms with van der Waals surface area (Å²) in [6.07, 6.45) is 0. The van der Waals surface area contributed by atoms with Gasteiger partial charge in [-0.15, -0.1) is 0 Å². The quantitative estimate of drug-likeness (QED) is 0.506. The molecule has 0 aliphatic heterocycles. The number of aromatic nitrogens is 2. The molecule has 0 aliphatic rings. The van der Waals surface area contributed by atoms with Crippen molar-refractivity contribution in [3.63, 3.8) is 0 Å². The monoisotopic (exact) mass is 398 g/mol.